The fourth-order valence-corrected chi connectivity index (χ4v) is 2.37. The number of nitrogens with two attached hydrogens (primary N) is 1. The third-order valence-corrected chi connectivity index (χ3v) is 3.45. The van der Waals surface area contributed by atoms with E-state index in [-0.39, 0.29) is 12.1 Å². The molecule has 2 aromatic heterocycles. The fourth-order valence-electron chi connectivity index (χ4n) is 2.37. The summed E-state index contributed by atoms with van der Waals surface area (Å²) in [5.74, 6) is 0.713. The molecule has 2 heterocycles. The summed E-state index contributed by atoms with van der Waals surface area (Å²) >= 11 is 0. The second-order valence-corrected chi connectivity index (χ2v) is 5.15. The zero-order chi connectivity index (χ0) is 14.9. The molecule has 0 bridgehead atoms. The van der Waals surface area contributed by atoms with Gasteiger partial charge in [-0.25, -0.2) is 0 Å². The number of nitrogens with zero attached hydrogens (tertiary/aromatic N) is 4. The summed E-state index contributed by atoms with van der Waals surface area (Å²) in [6.07, 6.45) is 2.60. The van der Waals surface area contributed by atoms with Crippen LogP contribution in [0.15, 0.2) is 12.3 Å². The Morgan fingerprint density at radius 1 is 1.40 bits per heavy atom. The van der Waals surface area contributed by atoms with Gasteiger partial charge in [0, 0.05) is 13.1 Å². The molecule has 2 aromatic rings. The standard InChI is InChI=1S/C14H23N5O/c1-6-10-7-11(18(4)17-10)13(15)14-12(20-5)8-16-19(14)9(2)3/h7-9,13H,6,15H2,1-5H3. The quantitative estimate of drug-likeness (QED) is 0.905. The second-order valence-electron chi connectivity index (χ2n) is 5.15. The number of aromatic nitrogens is 4. The lowest BCUT2D eigenvalue weighted by Crippen LogP contribution is -2.21. The van der Waals surface area contributed by atoms with Gasteiger partial charge in [-0.1, -0.05) is 6.92 Å². The maximum absolute atomic E-state index is 6.44. The van der Waals surface area contributed by atoms with Crippen molar-refractivity contribution in [3.63, 3.8) is 0 Å². The second kappa shape index (κ2) is 5.66. The molecule has 6 nitrogen and oxygen atoms in total. The van der Waals surface area contributed by atoms with Gasteiger partial charge in [0.05, 0.1) is 30.7 Å². The molecule has 0 radical (unpaired) electrons. The van der Waals surface area contributed by atoms with Crippen LogP contribution in [0.25, 0.3) is 0 Å². The van der Waals surface area contributed by atoms with Gasteiger partial charge in [-0.2, -0.15) is 10.2 Å². The average molecular weight is 277 g/mol. The van der Waals surface area contributed by atoms with Crippen molar-refractivity contribution in [3.05, 3.63) is 29.3 Å². The molecule has 0 spiro atoms. The van der Waals surface area contributed by atoms with Crippen LogP contribution >= 0.6 is 0 Å². The minimum Gasteiger partial charge on any atom is -0.493 e. The van der Waals surface area contributed by atoms with Crippen LogP contribution in [0, 0.1) is 0 Å². The summed E-state index contributed by atoms with van der Waals surface area (Å²) in [5.41, 5.74) is 9.32. The van der Waals surface area contributed by atoms with Crippen LogP contribution in [-0.2, 0) is 13.5 Å². The number of hydrogen-bond acceptors (Lipinski definition) is 4. The minimum atomic E-state index is -0.312. The topological polar surface area (TPSA) is 70.9 Å². The lowest BCUT2D eigenvalue weighted by molar-refractivity contribution is 0.399. The first kappa shape index (κ1) is 14.6. The van der Waals surface area contributed by atoms with Crippen LogP contribution in [0.4, 0.5) is 0 Å². The van der Waals surface area contributed by atoms with Crippen LogP contribution < -0.4 is 10.5 Å². The zero-order valence-corrected chi connectivity index (χ0v) is 12.8. The predicted molar refractivity (Wildman–Crippen MR) is 77.8 cm³/mol. The summed E-state index contributed by atoms with van der Waals surface area (Å²) in [6.45, 7) is 6.23. The summed E-state index contributed by atoms with van der Waals surface area (Å²) < 4.78 is 9.14. The van der Waals surface area contributed by atoms with E-state index in [2.05, 4.69) is 31.0 Å². The highest BCUT2D eigenvalue weighted by Gasteiger charge is 2.24. The number of hydrogen-bond donors (Lipinski definition) is 1. The molecule has 0 aromatic carbocycles. The van der Waals surface area contributed by atoms with Gasteiger partial charge in [0.2, 0.25) is 0 Å². The van der Waals surface area contributed by atoms with E-state index in [1.807, 2.05) is 22.5 Å². The molecule has 0 saturated heterocycles. The van der Waals surface area contributed by atoms with E-state index < -0.39 is 0 Å². The highest BCUT2D eigenvalue weighted by Crippen LogP contribution is 2.30. The molecular formula is C14H23N5O. The van der Waals surface area contributed by atoms with E-state index in [1.54, 1.807) is 13.3 Å². The summed E-state index contributed by atoms with van der Waals surface area (Å²) in [7, 11) is 3.55. The van der Waals surface area contributed by atoms with E-state index in [0.717, 1.165) is 23.5 Å². The van der Waals surface area contributed by atoms with Crippen molar-refractivity contribution in [2.75, 3.05) is 7.11 Å². The van der Waals surface area contributed by atoms with Crippen molar-refractivity contribution in [1.82, 2.24) is 19.6 Å². The maximum Gasteiger partial charge on any atom is 0.161 e. The summed E-state index contributed by atoms with van der Waals surface area (Å²) in [6, 6.07) is 1.95. The largest absolute Gasteiger partial charge is 0.493 e. The summed E-state index contributed by atoms with van der Waals surface area (Å²) in [5, 5.41) is 8.83. The van der Waals surface area contributed by atoms with Crippen molar-refractivity contribution in [2.24, 2.45) is 12.8 Å². The number of aryl methyl sites for hydroxylation is 2. The highest BCUT2D eigenvalue weighted by atomic mass is 16.5. The Kier molecular flexibility index (Phi) is 4.13. The fraction of sp³-hybridized carbons (Fsp3) is 0.571. The van der Waals surface area contributed by atoms with Crippen molar-refractivity contribution in [3.8, 4) is 5.75 Å². The maximum atomic E-state index is 6.44. The first-order chi connectivity index (χ1) is 9.49. The van der Waals surface area contributed by atoms with Gasteiger partial charge in [0.25, 0.3) is 0 Å². The average Bonchev–Trinajstić information content (AvgIpc) is 3.00. The lowest BCUT2D eigenvalue weighted by Gasteiger charge is -2.18. The molecule has 0 saturated carbocycles. The van der Waals surface area contributed by atoms with Gasteiger partial charge in [0.15, 0.2) is 5.75 Å². The lowest BCUT2D eigenvalue weighted by atomic mass is 10.1. The first-order valence-electron chi connectivity index (χ1n) is 6.89. The Morgan fingerprint density at radius 2 is 2.10 bits per heavy atom. The molecule has 0 fully saturated rings. The monoisotopic (exact) mass is 277 g/mol. The minimum absolute atomic E-state index is 0.221. The predicted octanol–water partition coefficient (Wildman–Crippen LogP) is 1.82. The number of rotatable bonds is 5. The Bertz CT molecular complexity index is 584. The SMILES string of the molecule is CCc1cc(C(N)c2c(OC)cnn2C(C)C)n(C)n1. The van der Waals surface area contributed by atoms with E-state index in [1.165, 1.54) is 0 Å². The molecule has 0 amide bonds. The first-order valence-corrected chi connectivity index (χ1v) is 6.89. The normalized spacial score (nSPS) is 12.9. The van der Waals surface area contributed by atoms with Crippen LogP contribution in [0.5, 0.6) is 5.75 Å². The molecule has 2 N–H and O–H groups in total. The zero-order valence-electron chi connectivity index (χ0n) is 12.8. The Balaban J connectivity index is 2.48. The molecular weight excluding hydrogens is 254 g/mol. The smallest absolute Gasteiger partial charge is 0.161 e. The molecule has 20 heavy (non-hydrogen) atoms. The molecule has 1 unspecified atom stereocenters. The van der Waals surface area contributed by atoms with E-state index >= 15 is 0 Å². The van der Waals surface area contributed by atoms with Gasteiger partial charge in [-0.3, -0.25) is 9.36 Å². The third-order valence-electron chi connectivity index (χ3n) is 3.45. The van der Waals surface area contributed by atoms with Crippen molar-refractivity contribution >= 4 is 0 Å². The van der Waals surface area contributed by atoms with Gasteiger partial charge in [-0.15, -0.1) is 0 Å². The van der Waals surface area contributed by atoms with E-state index in [9.17, 15) is 0 Å². The number of methoxy groups -OCH3 is 1. The van der Waals surface area contributed by atoms with Gasteiger partial charge >= 0.3 is 0 Å². The molecule has 0 aliphatic carbocycles. The van der Waals surface area contributed by atoms with Gasteiger partial charge < -0.3 is 10.5 Å². The highest BCUT2D eigenvalue weighted by molar-refractivity contribution is 5.34. The van der Waals surface area contributed by atoms with E-state index in [4.69, 9.17) is 10.5 Å². The Hall–Kier alpha value is -1.82. The number of ether oxygens (including phenoxy) is 1. The van der Waals surface area contributed by atoms with Crippen molar-refractivity contribution in [1.29, 1.82) is 0 Å². The van der Waals surface area contributed by atoms with Crippen LogP contribution in [0.2, 0.25) is 0 Å². The van der Waals surface area contributed by atoms with Crippen molar-refractivity contribution in [2.45, 2.75) is 39.3 Å². The summed E-state index contributed by atoms with van der Waals surface area (Å²) in [4.78, 5) is 0. The Labute approximate surface area is 119 Å². The molecule has 0 aliphatic heterocycles. The van der Waals surface area contributed by atoms with Gasteiger partial charge in [-0.05, 0) is 26.3 Å². The van der Waals surface area contributed by atoms with Crippen LogP contribution in [0.3, 0.4) is 0 Å². The molecule has 1 atom stereocenters. The molecule has 0 aliphatic rings. The Morgan fingerprint density at radius 3 is 2.60 bits per heavy atom. The molecule has 2 rings (SSSR count). The van der Waals surface area contributed by atoms with E-state index in [0.29, 0.717) is 5.75 Å². The van der Waals surface area contributed by atoms with Crippen molar-refractivity contribution < 1.29 is 4.74 Å². The van der Waals surface area contributed by atoms with Gasteiger partial charge in [0.1, 0.15) is 5.69 Å². The molecule has 110 valence electrons. The van der Waals surface area contributed by atoms with Crippen LogP contribution in [0.1, 0.15) is 49.9 Å². The van der Waals surface area contributed by atoms with Crippen LogP contribution in [-0.4, -0.2) is 26.7 Å². The third kappa shape index (κ3) is 2.43. The molecule has 6 heteroatoms.